The number of pyridine rings is 1. The van der Waals surface area contributed by atoms with E-state index in [9.17, 15) is 4.79 Å². The van der Waals surface area contributed by atoms with Gasteiger partial charge in [-0.2, -0.15) is 0 Å². The molecule has 0 atom stereocenters. The van der Waals surface area contributed by atoms with Gasteiger partial charge in [0.25, 0.3) is 0 Å². The third-order valence-electron chi connectivity index (χ3n) is 3.86. The highest BCUT2D eigenvalue weighted by Gasteiger charge is 2.10. The molecule has 0 aliphatic heterocycles. The number of rotatable bonds is 5. The topological polar surface area (TPSA) is 57.7 Å². The summed E-state index contributed by atoms with van der Waals surface area (Å²) in [5.41, 5.74) is 2.18. The molecule has 6 heteroatoms. The fraction of sp³-hybridized carbons (Fsp3) is 0.143. The second kappa shape index (κ2) is 8.10. The van der Waals surface area contributed by atoms with E-state index in [0.717, 1.165) is 10.9 Å². The summed E-state index contributed by atoms with van der Waals surface area (Å²) < 4.78 is 15.8. The highest BCUT2D eigenvalue weighted by atomic mass is 35.5. The Morgan fingerprint density at radius 3 is 2.56 bits per heavy atom. The minimum absolute atomic E-state index is 0.384. The molecule has 3 rings (SSSR count). The number of carbonyl (C=O) groups is 1. The molecule has 5 nitrogen and oxygen atoms in total. The molecular formula is C21H18ClNO4. The largest absolute Gasteiger partial charge is 0.493 e. The van der Waals surface area contributed by atoms with Gasteiger partial charge in [0, 0.05) is 12.3 Å². The summed E-state index contributed by atoms with van der Waals surface area (Å²) in [5.74, 6) is 1.09. The van der Waals surface area contributed by atoms with Crippen molar-refractivity contribution in [3.63, 3.8) is 0 Å². The Morgan fingerprint density at radius 1 is 1.04 bits per heavy atom. The van der Waals surface area contributed by atoms with Gasteiger partial charge < -0.3 is 14.2 Å². The van der Waals surface area contributed by atoms with Crippen LogP contribution in [-0.2, 0) is 4.79 Å². The van der Waals surface area contributed by atoms with Crippen molar-refractivity contribution in [1.29, 1.82) is 0 Å². The van der Waals surface area contributed by atoms with Crippen LogP contribution in [0.2, 0.25) is 5.02 Å². The summed E-state index contributed by atoms with van der Waals surface area (Å²) in [6.45, 7) is 1.36. The number of methoxy groups -OCH3 is 2. The van der Waals surface area contributed by atoms with Gasteiger partial charge in [-0.1, -0.05) is 35.9 Å². The molecular weight excluding hydrogens is 366 g/mol. The Hall–Kier alpha value is -3.05. The molecule has 2 aromatic carbocycles. The van der Waals surface area contributed by atoms with Gasteiger partial charge in [-0.05, 0) is 35.9 Å². The molecule has 0 saturated heterocycles. The molecule has 138 valence electrons. The van der Waals surface area contributed by atoms with Crippen LogP contribution < -0.4 is 14.2 Å². The van der Waals surface area contributed by atoms with Crippen molar-refractivity contribution in [1.82, 2.24) is 4.98 Å². The van der Waals surface area contributed by atoms with Crippen molar-refractivity contribution in [2.45, 2.75) is 6.92 Å². The number of aromatic nitrogens is 1. The van der Waals surface area contributed by atoms with Crippen LogP contribution in [0.1, 0.15) is 18.2 Å². The van der Waals surface area contributed by atoms with E-state index in [1.807, 2.05) is 42.5 Å². The van der Waals surface area contributed by atoms with E-state index in [4.69, 9.17) is 25.8 Å². The number of carbonyl (C=O) groups excluding carboxylic acids is 1. The van der Waals surface area contributed by atoms with Gasteiger partial charge in [-0.3, -0.25) is 4.79 Å². The van der Waals surface area contributed by atoms with Crippen LogP contribution in [0.3, 0.4) is 0 Å². The molecule has 3 aromatic rings. The molecule has 0 unspecified atom stereocenters. The van der Waals surface area contributed by atoms with Crippen LogP contribution >= 0.6 is 11.6 Å². The average Bonchev–Trinajstić information content (AvgIpc) is 2.65. The molecule has 0 fully saturated rings. The number of ether oxygens (including phenoxy) is 3. The summed E-state index contributed by atoms with van der Waals surface area (Å²) in [6.07, 6.45) is 3.72. The monoisotopic (exact) mass is 383 g/mol. The van der Waals surface area contributed by atoms with Gasteiger partial charge in [0.15, 0.2) is 17.2 Å². The molecule has 0 spiro atoms. The lowest BCUT2D eigenvalue weighted by molar-refractivity contribution is -0.131. The number of hydrogen-bond donors (Lipinski definition) is 0. The molecule has 1 aromatic heterocycles. The summed E-state index contributed by atoms with van der Waals surface area (Å²) in [5, 5.41) is 1.35. The highest BCUT2D eigenvalue weighted by molar-refractivity contribution is 6.32. The second-order valence-electron chi connectivity index (χ2n) is 5.73. The third kappa shape index (κ3) is 4.20. The first-order chi connectivity index (χ1) is 13.0. The number of esters is 1. The Bertz CT molecular complexity index is 1030. The van der Waals surface area contributed by atoms with E-state index < -0.39 is 0 Å². The molecule has 0 saturated carbocycles. The summed E-state index contributed by atoms with van der Waals surface area (Å²) in [6, 6.07) is 12.9. The zero-order chi connectivity index (χ0) is 19.4. The third-order valence-corrected chi connectivity index (χ3v) is 4.14. The van der Waals surface area contributed by atoms with Gasteiger partial charge in [0.05, 0.1) is 24.9 Å². The minimum atomic E-state index is -0.384. The smallest absolute Gasteiger partial charge is 0.308 e. The van der Waals surface area contributed by atoms with E-state index in [0.29, 0.717) is 33.5 Å². The minimum Gasteiger partial charge on any atom is -0.493 e. The zero-order valence-electron chi connectivity index (χ0n) is 15.2. The Labute approximate surface area is 162 Å². The predicted molar refractivity (Wildman–Crippen MR) is 107 cm³/mol. The van der Waals surface area contributed by atoms with Crippen LogP contribution in [0.4, 0.5) is 0 Å². The van der Waals surface area contributed by atoms with Crippen molar-refractivity contribution in [3.8, 4) is 17.2 Å². The van der Waals surface area contributed by atoms with Crippen molar-refractivity contribution in [2.24, 2.45) is 0 Å². The van der Waals surface area contributed by atoms with Crippen LogP contribution in [0.25, 0.3) is 23.1 Å². The van der Waals surface area contributed by atoms with Gasteiger partial charge in [0.1, 0.15) is 5.52 Å². The molecule has 1 heterocycles. The van der Waals surface area contributed by atoms with E-state index in [1.54, 1.807) is 26.4 Å². The van der Waals surface area contributed by atoms with Gasteiger partial charge in [-0.15, -0.1) is 0 Å². The molecule has 0 aliphatic carbocycles. The maximum absolute atomic E-state index is 11.3. The molecule has 0 radical (unpaired) electrons. The SMILES string of the molecule is COc1cc(/C=C/c2ccc3cccc(OC(C)=O)c3n2)cc(Cl)c1OC. The predicted octanol–water partition coefficient (Wildman–Crippen LogP) is 5.00. The van der Waals surface area contributed by atoms with E-state index in [1.165, 1.54) is 6.92 Å². The lowest BCUT2D eigenvalue weighted by atomic mass is 10.1. The number of nitrogens with zero attached hydrogens (tertiary/aromatic N) is 1. The lowest BCUT2D eigenvalue weighted by Gasteiger charge is -2.10. The molecule has 27 heavy (non-hydrogen) atoms. The molecule has 0 bridgehead atoms. The molecule has 0 aliphatic rings. The van der Waals surface area contributed by atoms with Crippen LogP contribution in [0.5, 0.6) is 17.2 Å². The maximum atomic E-state index is 11.3. The standard InChI is InChI=1S/C21H18ClNO4/c1-13(24)27-18-6-4-5-15-8-10-16(23-20(15)18)9-7-14-11-17(22)21(26-3)19(12-14)25-2/h4-12H,1-3H3/b9-7+. The number of para-hydroxylation sites is 1. The van der Waals surface area contributed by atoms with Crippen molar-refractivity contribution < 1.29 is 19.0 Å². The number of benzene rings is 2. The maximum Gasteiger partial charge on any atom is 0.308 e. The number of halogens is 1. The van der Waals surface area contributed by atoms with Crippen molar-refractivity contribution >= 4 is 40.6 Å². The van der Waals surface area contributed by atoms with E-state index in [2.05, 4.69) is 4.98 Å². The number of fused-ring (bicyclic) bond motifs is 1. The average molecular weight is 384 g/mol. The first-order valence-corrected chi connectivity index (χ1v) is 8.57. The lowest BCUT2D eigenvalue weighted by Crippen LogP contribution is -2.02. The first kappa shape index (κ1) is 18.7. The second-order valence-corrected chi connectivity index (χ2v) is 6.14. The van der Waals surface area contributed by atoms with Crippen molar-refractivity contribution in [3.05, 3.63) is 58.7 Å². The van der Waals surface area contributed by atoms with Crippen LogP contribution in [0, 0.1) is 0 Å². The van der Waals surface area contributed by atoms with E-state index in [-0.39, 0.29) is 5.97 Å². The molecule has 0 amide bonds. The van der Waals surface area contributed by atoms with Crippen LogP contribution in [0.15, 0.2) is 42.5 Å². The van der Waals surface area contributed by atoms with E-state index >= 15 is 0 Å². The fourth-order valence-corrected chi connectivity index (χ4v) is 2.98. The Balaban J connectivity index is 1.97. The first-order valence-electron chi connectivity index (χ1n) is 8.19. The summed E-state index contributed by atoms with van der Waals surface area (Å²) in [4.78, 5) is 15.9. The Morgan fingerprint density at radius 2 is 1.85 bits per heavy atom. The zero-order valence-corrected chi connectivity index (χ0v) is 15.9. The van der Waals surface area contributed by atoms with Crippen molar-refractivity contribution in [2.75, 3.05) is 14.2 Å². The number of hydrogen-bond acceptors (Lipinski definition) is 5. The summed E-state index contributed by atoms with van der Waals surface area (Å²) in [7, 11) is 3.10. The quantitative estimate of drug-likeness (QED) is 0.458. The van der Waals surface area contributed by atoms with Gasteiger partial charge in [-0.25, -0.2) is 4.98 Å². The van der Waals surface area contributed by atoms with Gasteiger partial charge in [0.2, 0.25) is 0 Å². The van der Waals surface area contributed by atoms with Crippen LogP contribution in [-0.4, -0.2) is 25.2 Å². The normalized spacial score (nSPS) is 11.0. The van der Waals surface area contributed by atoms with Gasteiger partial charge >= 0.3 is 5.97 Å². The Kier molecular flexibility index (Phi) is 5.62. The highest BCUT2D eigenvalue weighted by Crippen LogP contribution is 2.36. The summed E-state index contributed by atoms with van der Waals surface area (Å²) >= 11 is 6.24. The molecule has 0 N–H and O–H groups in total. The fourth-order valence-electron chi connectivity index (χ4n) is 2.68.